The lowest BCUT2D eigenvalue weighted by Crippen LogP contribution is -2.16. The highest BCUT2D eigenvalue weighted by molar-refractivity contribution is 6.07. The monoisotopic (exact) mass is 356 g/mol. The van der Waals surface area contributed by atoms with Gasteiger partial charge < -0.3 is 15.5 Å². The molecule has 9 heteroatoms. The smallest absolute Gasteiger partial charge is 0.242 e. The maximum Gasteiger partial charge on any atom is 0.242 e. The van der Waals surface area contributed by atoms with Crippen molar-refractivity contribution in [2.75, 3.05) is 5.73 Å². The first kappa shape index (κ1) is 17.2. The number of hydrogen-bond acceptors (Lipinski definition) is 7. The van der Waals surface area contributed by atoms with Gasteiger partial charge in [0, 0.05) is 12.1 Å². The molecule has 0 unspecified atom stereocenters. The van der Waals surface area contributed by atoms with Crippen LogP contribution in [0.2, 0.25) is 0 Å². The van der Waals surface area contributed by atoms with E-state index in [0.29, 0.717) is 11.3 Å². The molecule has 0 saturated heterocycles. The van der Waals surface area contributed by atoms with E-state index in [0.717, 1.165) is 6.20 Å². The van der Waals surface area contributed by atoms with Gasteiger partial charge in [0.2, 0.25) is 5.89 Å². The van der Waals surface area contributed by atoms with Gasteiger partial charge in [-0.1, -0.05) is 18.2 Å². The van der Waals surface area contributed by atoms with Crippen molar-refractivity contribution in [1.29, 1.82) is 5.41 Å². The predicted molar refractivity (Wildman–Crippen MR) is 91.0 cm³/mol. The SMILES string of the molecule is N=C(/C=C(\NCc1ccccc1F)c1ncco1)c1ncc(F)c(N)n1. The van der Waals surface area contributed by atoms with E-state index < -0.39 is 5.82 Å². The van der Waals surface area contributed by atoms with Gasteiger partial charge in [-0.3, -0.25) is 5.41 Å². The molecule has 2 aromatic heterocycles. The Bertz CT molecular complexity index is 956. The highest BCUT2D eigenvalue weighted by Crippen LogP contribution is 2.14. The maximum atomic E-state index is 13.8. The van der Waals surface area contributed by atoms with Crippen LogP contribution in [0, 0.1) is 17.0 Å². The van der Waals surface area contributed by atoms with Crippen LogP contribution in [0.25, 0.3) is 5.70 Å². The van der Waals surface area contributed by atoms with E-state index in [2.05, 4.69) is 20.3 Å². The second-order valence-electron chi connectivity index (χ2n) is 5.18. The van der Waals surface area contributed by atoms with E-state index in [4.69, 9.17) is 15.6 Å². The van der Waals surface area contributed by atoms with E-state index in [1.807, 2.05) is 0 Å². The van der Waals surface area contributed by atoms with Crippen molar-refractivity contribution in [3.05, 3.63) is 77.9 Å². The summed E-state index contributed by atoms with van der Waals surface area (Å²) in [6.07, 6.45) is 5.03. The summed E-state index contributed by atoms with van der Waals surface area (Å²) >= 11 is 0. The van der Waals surface area contributed by atoms with Gasteiger partial charge in [0.05, 0.1) is 12.4 Å². The second kappa shape index (κ2) is 7.51. The number of oxazole rings is 1. The minimum absolute atomic E-state index is 0.0688. The summed E-state index contributed by atoms with van der Waals surface area (Å²) in [4.78, 5) is 11.5. The van der Waals surface area contributed by atoms with Crippen LogP contribution in [0.3, 0.4) is 0 Å². The molecule has 0 bridgehead atoms. The fraction of sp³-hybridized carbons (Fsp3) is 0.0588. The Kier molecular flexibility index (Phi) is 4.97. The fourth-order valence-electron chi connectivity index (χ4n) is 2.10. The Morgan fingerprint density at radius 1 is 1.23 bits per heavy atom. The van der Waals surface area contributed by atoms with Crippen LogP contribution >= 0.6 is 0 Å². The van der Waals surface area contributed by atoms with E-state index in [1.54, 1.807) is 18.2 Å². The zero-order valence-electron chi connectivity index (χ0n) is 13.4. The summed E-state index contributed by atoms with van der Waals surface area (Å²) in [6.45, 7) is 0.139. The molecular formula is C17H14F2N6O. The van der Waals surface area contributed by atoms with Crippen molar-refractivity contribution in [2.45, 2.75) is 6.54 Å². The molecule has 2 heterocycles. The molecule has 0 aliphatic heterocycles. The largest absolute Gasteiger partial charge is 0.443 e. The van der Waals surface area contributed by atoms with Gasteiger partial charge in [-0.05, 0) is 12.1 Å². The van der Waals surface area contributed by atoms with Gasteiger partial charge in [-0.2, -0.15) is 0 Å². The summed E-state index contributed by atoms with van der Waals surface area (Å²) in [5.74, 6) is -1.36. The molecule has 0 amide bonds. The van der Waals surface area contributed by atoms with Crippen LogP contribution in [-0.2, 0) is 6.54 Å². The van der Waals surface area contributed by atoms with Crippen molar-refractivity contribution >= 4 is 17.2 Å². The number of hydrogen-bond donors (Lipinski definition) is 3. The molecule has 0 saturated carbocycles. The Morgan fingerprint density at radius 2 is 2.04 bits per heavy atom. The molecule has 0 fully saturated rings. The number of benzene rings is 1. The van der Waals surface area contributed by atoms with Crippen molar-refractivity contribution in [3.8, 4) is 0 Å². The Balaban J connectivity index is 1.86. The number of nitrogen functional groups attached to an aromatic ring is 1. The summed E-state index contributed by atoms with van der Waals surface area (Å²) < 4.78 is 32.2. The zero-order valence-corrected chi connectivity index (χ0v) is 13.4. The van der Waals surface area contributed by atoms with E-state index in [9.17, 15) is 8.78 Å². The Labute approximate surface area is 147 Å². The van der Waals surface area contributed by atoms with Crippen LogP contribution in [0.5, 0.6) is 0 Å². The predicted octanol–water partition coefficient (Wildman–Crippen LogP) is 2.52. The first-order valence-corrected chi connectivity index (χ1v) is 7.50. The van der Waals surface area contributed by atoms with E-state index >= 15 is 0 Å². The van der Waals surface area contributed by atoms with Crippen LogP contribution in [0.15, 0.2) is 53.4 Å². The van der Waals surface area contributed by atoms with Crippen molar-refractivity contribution in [2.24, 2.45) is 0 Å². The number of rotatable bonds is 6. The average Bonchev–Trinajstić information content (AvgIpc) is 3.16. The number of aromatic nitrogens is 3. The maximum absolute atomic E-state index is 13.8. The molecule has 0 spiro atoms. The molecule has 132 valence electrons. The quantitative estimate of drug-likeness (QED) is 0.585. The molecule has 7 nitrogen and oxygen atoms in total. The molecule has 0 aliphatic carbocycles. The molecule has 0 aliphatic rings. The van der Waals surface area contributed by atoms with Gasteiger partial charge in [-0.25, -0.2) is 23.7 Å². The van der Waals surface area contributed by atoms with Gasteiger partial charge in [0.25, 0.3) is 0 Å². The molecule has 1 aromatic carbocycles. The van der Waals surface area contributed by atoms with Crippen molar-refractivity contribution in [1.82, 2.24) is 20.3 Å². The normalized spacial score (nSPS) is 11.4. The molecule has 0 atom stereocenters. The highest BCUT2D eigenvalue weighted by atomic mass is 19.1. The summed E-state index contributed by atoms with van der Waals surface area (Å²) in [5.41, 5.74) is 6.00. The zero-order chi connectivity index (χ0) is 18.5. The third kappa shape index (κ3) is 3.89. The lowest BCUT2D eigenvalue weighted by molar-refractivity contribution is 0.534. The van der Waals surface area contributed by atoms with Crippen molar-refractivity contribution < 1.29 is 13.2 Å². The minimum Gasteiger partial charge on any atom is -0.443 e. The first-order valence-electron chi connectivity index (χ1n) is 7.50. The van der Waals surface area contributed by atoms with Crippen LogP contribution in [0.4, 0.5) is 14.6 Å². The average molecular weight is 356 g/mol. The molecular weight excluding hydrogens is 342 g/mol. The third-order valence-corrected chi connectivity index (χ3v) is 3.39. The molecule has 26 heavy (non-hydrogen) atoms. The second-order valence-corrected chi connectivity index (χ2v) is 5.18. The number of halogens is 2. The van der Waals surface area contributed by atoms with Crippen LogP contribution < -0.4 is 11.1 Å². The lowest BCUT2D eigenvalue weighted by atomic mass is 10.2. The number of nitrogens with one attached hydrogen (secondary N) is 2. The number of nitrogens with two attached hydrogens (primary N) is 1. The Morgan fingerprint density at radius 3 is 2.73 bits per heavy atom. The topological polar surface area (TPSA) is 114 Å². The van der Waals surface area contributed by atoms with E-state index in [-0.39, 0.29) is 35.6 Å². The molecule has 3 rings (SSSR count). The van der Waals surface area contributed by atoms with E-state index in [1.165, 1.54) is 24.6 Å². The van der Waals surface area contributed by atoms with Crippen LogP contribution in [0.1, 0.15) is 17.3 Å². The summed E-state index contributed by atoms with van der Waals surface area (Å²) in [5, 5.41) is 11.1. The Hall–Kier alpha value is -3.62. The third-order valence-electron chi connectivity index (χ3n) is 3.39. The number of allylic oxidation sites excluding steroid dienone is 1. The number of anilines is 1. The standard InChI is InChI=1S/C17H14F2N6O/c18-11-4-2-1-3-10(11)8-23-14(17-22-5-6-26-17)7-13(20)16-24-9-12(19)15(21)25-16/h1-7,9,20,23H,8H2,(H2,21,24,25)/b14-7-,20-13?. The lowest BCUT2D eigenvalue weighted by Gasteiger charge is -2.09. The van der Waals surface area contributed by atoms with Gasteiger partial charge >= 0.3 is 0 Å². The summed E-state index contributed by atoms with van der Waals surface area (Å²) in [6, 6.07) is 6.29. The molecule has 3 aromatic rings. The van der Waals surface area contributed by atoms with Gasteiger partial charge in [-0.15, -0.1) is 0 Å². The first-order chi connectivity index (χ1) is 12.5. The highest BCUT2D eigenvalue weighted by Gasteiger charge is 2.12. The van der Waals surface area contributed by atoms with Gasteiger partial charge in [0.15, 0.2) is 17.5 Å². The summed E-state index contributed by atoms with van der Waals surface area (Å²) in [7, 11) is 0. The van der Waals surface area contributed by atoms with Crippen molar-refractivity contribution in [3.63, 3.8) is 0 Å². The fourth-order valence-corrected chi connectivity index (χ4v) is 2.10. The molecule has 4 N–H and O–H groups in total. The van der Waals surface area contributed by atoms with Gasteiger partial charge in [0.1, 0.15) is 23.5 Å². The minimum atomic E-state index is -0.767. The molecule has 0 radical (unpaired) electrons. The van der Waals surface area contributed by atoms with Crippen LogP contribution in [-0.4, -0.2) is 20.7 Å². The number of nitrogens with zero attached hydrogens (tertiary/aromatic N) is 3.